The second-order valence-corrected chi connectivity index (χ2v) is 10.3. The molecule has 0 aromatic carbocycles. The minimum absolute atomic E-state index is 0.472. The molecule has 4 aliphatic heterocycles. The summed E-state index contributed by atoms with van der Waals surface area (Å²) in [5, 5.41) is 16.7. The van der Waals surface area contributed by atoms with Crippen LogP contribution in [-0.4, -0.2) is 52.4 Å². The van der Waals surface area contributed by atoms with Crippen molar-refractivity contribution in [1.82, 2.24) is 0 Å². The molecule has 0 aliphatic carbocycles. The van der Waals surface area contributed by atoms with Crippen LogP contribution >= 0.6 is 18.8 Å². The summed E-state index contributed by atoms with van der Waals surface area (Å²) in [4.78, 5) is 0. The summed E-state index contributed by atoms with van der Waals surface area (Å²) in [6.07, 6.45) is 16.3. The van der Waals surface area contributed by atoms with E-state index < -0.39 is 16.5 Å². The number of halogens is 2. The Morgan fingerprint density at radius 2 is 0.481 bits per heavy atom. The molecule has 0 aromatic rings. The van der Waals surface area contributed by atoms with Gasteiger partial charge in [-0.05, 0) is 0 Å². The monoisotopic (exact) mass is 601 g/mol. The number of rotatable bonds is 0. The van der Waals surface area contributed by atoms with Crippen LogP contribution in [0.25, 0.3) is 21.3 Å². The zero-order chi connectivity index (χ0) is 19.7. The van der Waals surface area contributed by atoms with Crippen molar-refractivity contribution in [2.24, 2.45) is 0 Å². The van der Waals surface area contributed by atoms with Crippen molar-refractivity contribution >= 4 is 18.8 Å². The Kier molecular flexibility index (Phi) is 28.2. The van der Waals surface area contributed by atoms with Crippen molar-refractivity contribution in [1.29, 1.82) is 0 Å². The molecule has 0 saturated carbocycles. The Bertz CT molecular complexity index is 154. The summed E-state index contributed by atoms with van der Waals surface area (Å²) in [5.41, 5.74) is 0. The molecule has 168 valence electrons. The number of hydrogen-bond acceptors (Lipinski definition) is 0. The molecule has 4 saturated heterocycles. The predicted molar refractivity (Wildman–Crippen MR) is 119 cm³/mol. The van der Waals surface area contributed by atoms with Gasteiger partial charge < -0.3 is 21.3 Å². The van der Waals surface area contributed by atoms with Gasteiger partial charge >= 0.3 is 35.3 Å². The van der Waals surface area contributed by atoms with E-state index in [4.69, 9.17) is 18.8 Å². The van der Waals surface area contributed by atoms with Crippen LogP contribution in [0.5, 0.6) is 0 Å². The average Bonchev–Trinajstić information content (AvgIpc) is 2.80. The molecule has 0 aromatic heterocycles. The molecular formula is C20H40Cl2N4Pt-4. The normalized spacial score (nSPS) is 22.1. The Morgan fingerprint density at radius 1 is 0.333 bits per heavy atom. The Hall–Kier alpha value is 1.11. The molecule has 4 aliphatic rings. The third-order valence-corrected chi connectivity index (χ3v) is 4.53. The first-order chi connectivity index (χ1) is 13.4. The second-order valence-electron chi connectivity index (χ2n) is 6.97. The first-order valence-electron chi connectivity index (χ1n) is 10.8. The van der Waals surface area contributed by atoms with Crippen molar-refractivity contribution in [3.8, 4) is 0 Å². The zero-order valence-electron chi connectivity index (χ0n) is 17.0. The molecule has 0 bridgehead atoms. The summed E-state index contributed by atoms with van der Waals surface area (Å²) in [6.45, 7) is 9.00. The van der Waals surface area contributed by atoms with Crippen LogP contribution in [0, 0.1) is 0 Å². The molecule has 0 amide bonds. The molecule has 0 unspecified atom stereocenters. The van der Waals surface area contributed by atoms with Crippen molar-refractivity contribution in [2.45, 2.75) is 77.0 Å². The van der Waals surface area contributed by atoms with Gasteiger partial charge in [-0.15, -0.1) is 52.4 Å². The summed E-state index contributed by atoms with van der Waals surface area (Å²) in [7, 11) is 9.75. The van der Waals surface area contributed by atoms with E-state index in [9.17, 15) is 0 Å². The van der Waals surface area contributed by atoms with Gasteiger partial charge in [0.1, 0.15) is 0 Å². The van der Waals surface area contributed by atoms with Crippen LogP contribution in [0.4, 0.5) is 0 Å². The van der Waals surface area contributed by atoms with Gasteiger partial charge in [0.2, 0.25) is 0 Å². The molecule has 0 N–H and O–H groups in total. The van der Waals surface area contributed by atoms with Crippen LogP contribution in [0.3, 0.4) is 0 Å². The van der Waals surface area contributed by atoms with Gasteiger partial charge in [0.15, 0.2) is 0 Å². The summed E-state index contributed by atoms with van der Waals surface area (Å²) >= 11 is -0.472. The Labute approximate surface area is 185 Å². The molecule has 4 fully saturated rings. The van der Waals surface area contributed by atoms with E-state index in [2.05, 4.69) is 21.3 Å². The standard InChI is InChI=1S/4C5H10N.2ClH.Pt/c4*1-2-4-6-5-3-1;;;/h4*1-5H2;2*1H;/q4*-1;;;+2/p-2. The molecule has 7 heteroatoms. The van der Waals surface area contributed by atoms with E-state index >= 15 is 0 Å². The molecule has 4 heterocycles. The molecule has 0 spiro atoms. The van der Waals surface area contributed by atoms with Crippen molar-refractivity contribution < 1.29 is 16.5 Å². The molecule has 27 heavy (non-hydrogen) atoms. The summed E-state index contributed by atoms with van der Waals surface area (Å²) in [6, 6.07) is 0. The Balaban J connectivity index is 0.000000319. The summed E-state index contributed by atoms with van der Waals surface area (Å²) < 4.78 is 0. The van der Waals surface area contributed by atoms with Gasteiger partial charge in [0, 0.05) is 0 Å². The van der Waals surface area contributed by atoms with Gasteiger partial charge in [0.05, 0.1) is 0 Å². The molecule has 0 atom stereocenters. The van der Waals surface area contributed by atoms with Crippen LogP contribution < -0.4 is 0 Å². The van der Waals surface area contributed by atoms with Gasteiger partial charge in [-0.25, -0.2) is 0 Å². The van der Waals surface area contributed by atoms with Crippen molar-refractivity contribution in [3.63, 3.8) is 0 Å². The van der Waals surface area contributed by atoms with Crippen LogP contribution in [0.1, 0.15) is 77.0 Å². The van der Waals surface area contributed by atoms with Crippen LogP contribution in [0.2, 0.25) is 0 Å². The number of nitrogens with zero attached hydrogens (tertiary/aromatic N) is 4. The first-order valence-corrected chi connectivity index (χ1v) is 16.4. The zero-order valence-corrected chi connectivity index (χ0v) is 20.8. The number of hydrogen-bond donors (Lipinski definition) is 0. The maximum atomic E-state index is 4.88. The van der Waals surface area contributed by atoms with Gasteiger partial charge in [-0.3, -0.25) is 0 Å². The molecular weight excluding hydrogens is 562 g/mol. The van der Waals surface area contributed by atoms with E-state index in [0.717, 1.165) is 52.4 Å². The minimum atomic E-state index is -0.472. The van der Waals surface area contributed by atoms with E-state index in [1.807, 2.05) is 0 Å². The second kappa shape index (κ2) is 27.1. The van der Waals surface area contributed by atoms with Gasteiger partial charge in [-0.1, -0.05) is 77.0 Å². The molecule has 4 nitrogen and oxygen atoms in total. The topological polar surface area (TPSA) is 56.4 Å². The summed E-state index contributed by atoms with van der Waals surface area (Å²) in [5.74, 6) is 0. The fourth-order valence-electron chi connectivity index (χ4n) is 2.94. The first kappa shape index (κ1) is 28.1. The average molecular weight is 603 g/mol. The van der Waals surface area contributed by atoms with E-state index in [-0.39, 0.29) is 0 Å². The molecule has 4 rings (SSSR count). The Morgan fingerprint density at radius 3 is 0.519 bits per heavy atom. The maximum absolute atomic E-state index is 4.88. The SMILES string of the molecule is C1CC[N-]CC1.C1CC[N-]CC1.C1CC[N-]CC1.C1CC[N-]CC1.[Cl][Pt][Cl]. The molecule has 0 radical (unpaired) electrons. The van der Waals surface area contributed by atoms with Crippen LogP contribution in [0.15, 0.2) is 0 Å². The van der Waals surface area contributed by atoms with E-state index in [1.54, 1.807) is 0 Å². The van der Waals surface area contributed by atoms with Crippen molar-refractivity contribution in [3.05, 3.63) is 21.3 Å². The fraction of sp³-hybridized carbons (Fsp3) is 1.00. The van der Waals surface area contributed by atoms with E-state index in [1.165, 1.54) is 77.0 Å². The fourth-order valence-corrected chi connectivity index (χ4v) is 2.94. The van der Waals surface area contributed by atoms with Crippen molar-refractivity contribution in [2.75, 3.05) is 52.4 Å². The number of piperidine rings is 4. The van der Waals surface area contributed by atoms with Gasteiger partial charge in [0.25, 0.3) is 0 Å². The third kappa shape index (κ3) is 27.1. The van der Waals surface area contributed by atoms with Crippen LogP contribution in [-0.2, 0) is 16.5 Å². The quantitative estimate of drug-likeness (QED) is 0.275. The van der Waals surface area contributed by atoms with Gasteiger partial charge in [-0.2, -0.15) is 0 Å². The predicted octanol–water partition coefficient (Wildman–Crippen LogP) is 7.55. The van der Waals surface area contributed by atoms with E-state index in [0.29, 0.717) is 0 Å². The third-order valence-electron chi connectivity index (χ3n) is 4.53.